The summed E-state index contributed by atoms with van der Waals surface area (Å²) in [6.07, 6.45) is 3.12. The van der Waals surface area contributed by atoms with E-state index in [0.717, 1.165) is 64.3 Å². The molecule has 1 saturated carbocycles. The number of piperazine rings is 1. The van der Waals surface area contributed by atoms with E-state index in [1.54, 1.807) is 4.90 Å². The van der Waals surface area contributed by atoms with E-state index < -0.39 is 5.54 Å². The molecule has 3 N–H and O–H groups in total. The fourth-order valence-electron chi connectivity index (χ4n) is 4.39. The van der Waals surface area contributed by atoms with Crippen LogP contribution in [0.2, 0.25) is 0 Å². The van der Waals surface area contributed by atoms with Gasteiger partial charge in [-0.3, -0.25) is 4.79 Å². The van der Waals surface area contributed by atoms with Gasteiger partial charge in [-0.15, -0.1) is 0 Å². The second-order valence-corrected chi connectivity index (χ2v) is 8.53. The van der Waals surface area contributed by atoms with Crippen molar-refractivity contribution in [3.63, 3.8) is 0 Å². The molecule has 2 fully saturated rings. The highest BCUT2D eigenvalue weighted by Gasteiger charge is 2.43. The van der Waals surface area contributed by atoms with Gasteiger partial charge >= 0.3 is 0 Å². The quantitative estimate of drug-likeness (QED) is 0.584. The largest absolute Gasteiger partial charge is 0.493 e. The van der Waals surface area contributed by atoms with Crippen molar-refractivity contribution in [2.24, 2.45) is 5.92 Å². The first-order valence-electron chi connectivity index (χ1n) is 10.2. The molecule has 1 aromatic carbocycles. The van der Waals surface area contributed by atoms with Crippen molar-refractivity contribution < 1.29 is 19.3 Å². The summed E-state index contributed by atoms with van der Waals surface area (Å²) in [5, 5.41) is 12.4. The Balaban J connectivity index is 1.23. The number of quaternary nitrogens is 2. The number of hydrogen-bond donors (Lipinski definition) is 3. The first kappa shape index (κ1) is 18.3. The van der Waals surface area contributed by atoms with Crippen LogP contribution >= 0.6 is 0 Å². The Labute approximate surface area is 161 Å². The average molecular weight is 370 g/mol. The Morgan fingerprint density at radius 1 is 1.30 bits per heavy atom. The molecule has 3 aliphatic rings. The Morgan fingerprint density at radius 2 is 2.04 bits per heavy atom. The second-order valence-electron chi connectivity index (χ2n) is 8.53. The first-order chi connectivity index (χ1) is 13.1. The summed E-state index contributed by atoms with van der Waals surface area (Å²) in [4.78, 5) is 15.3. The topological polar surface area (TPSA) is 71.0 Å². The van der Waals surface area contributed by atoms with Crippen molar-refractivity contribution >= 4 is 5.91 Å². The number of nitriles is 1. The Bertz CT molecular complexity index is 747. The van der Waals surface area contributed by atoms with Gasteiger partial charge < -0.3 is 19.9 Å². The third-order valence-corrected chi connectivity index (χ3v) is 6.31. The van der Waals surface area contributed by atoms with Crippen LogP contribution < -0.4 is 19.9 Å². The van der Waals surface area contributed by atoms with Crippen LogP contribution in [0.15, 0.2) is 18.2 Å². The van der Waals surface area contributed by atoms with Gasteiger partial charge in [0, 0.05) is 12.0 Å². The van der Waals surface area contributed by atoms with Gasteiger partial charge in [0.05, 0.1) is 12.7 Å². The van der Waals surface area contributed by atoms with Gasteiger partial charge in [-0.25, -0.2) is 0 Å². The summed E-state index contributed by atoms with van der Waals surface area (Å²) < 4.78 is 5.59. The minimum atomic E-state index is -0.680. The van der Waals surface area contributed by atoms with E-state index in [1.165, 1.54) is 16.0 Å². The summed E-state index contributed by atoms with van der Waals surface area (Å²) in [5.74, 6) is 1.40. The van der Waals surface area contributed by atoms with Crippen molar-refractivity contribution in [1.82, 2.24) is 5.32 Å². The van der Waals surface area contributed by atoms with Gasteiger partial charge in [-0.2, -0.15) is 5.26 Å². The van der Waals surface area contributed by atoms with Crippen LogP contribution in [0.3, 0.4) is 0 Å². The van der Waals surface area contributed by atoms with E-state index in [9.17, 15) is 10.1 Å². The number of benzene rings is 1. The highest BCUT2D eigenvalue weighted by Crippen LogP contribution is 2.39. The molecule has 1 atom stereocenters. The maximum absolute atomic E-state index is 12.4. The van der Waals surface area contributed by atoms with E-state index in [0.29, 0.717) is 12.5 Å². The summed E-state index contributed by atoms with van der Waals surface area (Å²) in [6, 6.07) is 8.89. The highest BCUT2D eigenvalue weighted by molar-refractivity contribution is 5.78. The molecule has 1 saturated heterocycles. The number of hydrogen-bond acceptors (Lipinski definition) is 3. The summed E-state index contributed by atoms with van der Waals surface area (Å²) in [7, 11) is 0. The van der Waals surface area contributed by atoms with Gasteiger partial charge in [-0.1, -0.05) is 0 Å². The average Bonchev–Trinajstić information content (AvgIpc) is 3.42. The summed E-state index contributed by atoms with van der Waals surface area (Å²) in [5.41, 5.74) is 2.04. The van der Waals surface area contributed by atoms with Crippen molar-refractivity contribution in [2.75, 3.05) is 39.3 Å². The predicted molar refractivity (Wildman–Crippen MR) is 100 cm³/mol. The predicted octanol–water partition coefficient (Wildman–Crippen LogP) is -1.29. The monoisotopic (exact) mass is 370 g/mol. The molecular weight excluding hydrogens is 340 g/mol. The Morgan fingerprint density at radius 3 is 2.74 bits per heavy atom. The molecule has 1 aromatic rings. The molecule has 4 rings (SSSR count). The number of nitrogens with zero attached hydrogens (tertiary/aromatic N) is 1. The molecule has 2 aliphatic heterocycles. The molecule has 6 heteroatoms. The number of fused-ring (bicyclic) bond motifs is 1. The number of carbonyl (C=O) groups excluding carboxylic acids is 1. The number of amides is 1. The van der Waals surface area contributed by atoms with Gasteiger partial charge in [-0.05, 0) is 49.4 Å². The van der Waals surface area contributed by atoms with E-state index in [-0.39, 0.29) is 5.91 Å². The molecular formula is C21H30N4O2+2. The minimum Gasteiger partial charge on any atom is -0.493 e. The molecule has 2 heterocycles. The zero-order chi connectivity index (χ0) is 18.9. The molecule has 0 radical (unpaired) electrons. The molecule has 0 spiro atoms. The van der Waals surface area contributed by atoms with E-state index >= 15 is 0 Å². The lowest BCUT2D eigenvalue weighted by Gasteiger charge is -2.30. The molecule has 144 valence electrons. The van der Waals surface area contributed by atoms with E-state index in [1.807, 2.05) is 6.92 Å². The Kier molecular flexibility index (Phi) is 5.07. The molecule has 27 heavy (non-hydrogen) atoms. The Hall–Kier alpha value is -2.10. The normalized spacial score (nSPS) is 26.4. The van der Waals surface area contributed by atoms with Crippen LogP contribution in [0.5, 0.6) is 5.75 Å². The second kappa shape index (κ2) is 7.49. The number of carbonyl (C=O) groups is 1. The lowest BCUT2D eigenvalue weighted by atomic mass is 9.98. The van der Waals surface area contributed by atoms with Crippen molar-refractivity contribution in [1.29, 1.82) is 5.26 Å². The molecule has 0 aromatic heterocycles. The van der Waals surface area contributed by atoms with Crippen LogP contribution in [-0.2, 0) is 17.8 Å². The SMILES string of the molecule is C[C@@](C#N)(NC(=O)C[NH+]1CC[NH+](Cc2ccc3c(c2)CCO3)CC1)C1CC1. The van der Waals surface area contributed by atoms with Crippen molar-refractivity contribution in [3.05, 3.63) is 29.3 Å². The van der Waals surface area contributed by atoms with Gasteiger partial charge in [0.25, 0.3) is 5.91 Å². The highest BCUT2D eigenvalue weighted by atomic mass is 16.5. The zero-order valence-corrected chi connectivity index (χ0v) is 16.1. The van der Waals surface area contributed by atoms with Gasteiger partial charge in [0.15, 0.2) is 6.54 Å². The minimum absolute atomic E-state index is 0.0167. The maximum atomic E-state index is 12.4. The van der Waals surface area contributed by atoms with E-state index in [2.05, 4.69) is 29.6 Å². The lowest BCUT2D eigenvalue weighted by Crippen LogP contribution is -3.28. The number of nitrogens with one attached hydrogen (secondary N) is 3. The van der Waals surface area contributed by atoms with Crippen LogP contribution in [0.4, 0.5) is 0 Å². The molecule has 0 bridgehead atoms. The van der Waals surface area contributed by atoms with Crippen molar-refractivity contribution in [3.8, 4) is 11.8 Å². The zero-order valence-electron chi connectivity index (χ0n) is 16.1. The fraction of sp³-hybridized carbons (Fsp3) is 0.619. The smallest absolute Gasteiger partial charge is 0.276 e. The van der Waals surface area contributed by atoms with Gasteiger partial charge in [0.1, 0.15) is 44.0 Å². The van der Waals surface area contributed by atoms with Crippen LogP contribution in [-0.4, -0.2) is 50.8 Å². The van der Waals surface area contributed by atoms with Crippen molar-refractivity contribution in [2.45, 2.75) is 38.3 Å². The fourth-order valence-corrected chi connectivity index (χ4v) is 4.39. The maximum Gasteiger partial charge on any atom is 0.276 e. The summed E-state index contributed by atoms with van der Waals surface area (Å²) in [6.45, 7) is 8.35. The van der Waals surface area contributed by atoms with Crippen LogP contribution in [0.1, 0.15) is 30.9 Å². The van der Waals surface area contributed by atoms with Gasteiger partial charge in [0.2, 0.25) is 0 Å². The molecule has 6 nitrogen and oxygen atoms in total. The van der Waals surface area contributed by atoms with Crippen LogP contribution in [0.25, 0.3) is 0 Å². The molecule has 1 aliphatic carbocycles. The van der Waals surface area contributed by atoms with Crippen LogP contribution in [0, 0.1) is 17.2 Å². The summed E-state index contributed by atoms with van der Waals surface area (Å²) >= 11 is 0. The third-order valence-electron chi connectivity index (χ3n) is 6.31. The first-order valence-corrected chi connectivity index (χ1v) is 10.2. The lowest BCUT2D eigenvalue weighted by molar-refractivity contribution is -1.02. The van der Waals surface area contributed by atoms with E-state index in [4.69, 9.17) is 4.74 Å². The molecule has 0 unspecified atom stereocenters. The number of ether oxygens (including phenoxy) is 1. The standard InChI is InChI=1S/C21H28N4O2/c1-21(15-22,18-3-4-18)23-20(26)14-25-9-7-24(8-10-25)13-16-2-5-19-17(12-16)6-11-27-19/h2,5,12,18H,3-4,6-11,13-14H2,1H3,(H,23,26)/p+2/t21-/m0/s1. The molecule has 1 amide bonds. The number of rotatable bonds is 6. The third kappa shape index (κ3) is 4.26.